The highest BCUT2D eigenvalue weighted by molar-refractivity contribution is 6.30. The van der Waals surface area contributed by atoms with E-state index in [1.54, 1.807) is 42.5 Å². The van der Waals surface area contributed by atoms with E-state index in [1.807, 2.05) is 0 Å². The van der Waals surface area contributed by atoms with Crippen LogP contribution in [0, 0.1) is 0 Å². The Bertz CT molecular complexity index is 1310. The summed E-state index contributed by atoms with van der Waals surface area (Å²) in [4.78, 5) is 49.2. The van der Waals surface area contributed by atoms with E-state index in [-0.39, 0.29) is 24.3 Å². The minimum Gasteiger partial charge on any atom is -0.493 e. The minimum atomic E-state index is -1.01. The Hall–Kier alpha value is -4.86. The molecule has 0 bridgehead atoms. The van der Waals surface area contributed by atoms with E-state index >= 15 is 0 Å². The number of carboxylic acids is 1. The van der Waals surface area contributed by atoms with Gasteiger partial charge in [-0.3, -0.25) is 19.8 Å². The van der Waals surface area contributed by atoms with Crippen molar-refractivity contribution in [2.24, 2.45) is 0 Å². The van der Waals surface area contributed by atoms with Gasteiger partial charge in [0, 0.05) is 0 Å². The number of nitrogens with one attached hydrogen (secondary N) is 1. The number of hydrogen-bond donors (Lipinski definition) is 2. The number of hydrogen-bond acceptors (Lipinski definition) is 7. The fourth-order valence-electron chi connectivity index (χ4n) is 3.36. The van der Waals surface area contributed by atoms with Crippen molar-refractivity contribution in [2.75, 3.05) is 7.11 Å². The number of amides is 4. The zero-order valence-electron chi connectivity index (χ0n) is 18.5. The zero-order chi connectivity index (χ0) is 24.9. The molecule has 178 valence electrons. The molecule has 10 nitrogen and oxygen atoms in total. The molecule has 0 unspecified atom stereocenters. The number of benzene rings is 2. The molecule has 4 amide bonds. The van der Waals surface area contributed by atoms with Gasteiger partial charge in [-0.2, -0.15) is 0 Å². The quantitative estimate of drug-likeness (QED) is 0.374. The monoisotopic (exact) mass is 476 g/mol. The van der Waals surface area contributed by atoms with Gasteiger partial charge in [-0.15, -0.1) is 0 Å². The fourth-order valence-corrected chi connectivity index (χ4v) is 3.36. The van der Waals surface area contributed by atoms with Gasteiger partial charge in [0.25, 0.3) is 11.8 Å². The summed E-state index contributed by atoms with van der Waals surface area (Å²) < 4.78 is 16.4. The van der Waals surface area contributed by atoms with Gasteiger partial charge in [-0.1, -0.05) is 18.2 Å². The van der Waals surface area contributed by atoms with Gasteiger partial charge in [-0.25, -0.2) is 9.59 Å². The van der Waals surface area contributed by atoms with Crippen molar-refractivity contribution in [2.45, 2.75) is 13.2 Å². The normalized spacial score (nSPS) is 14.7. The van der Waals surface area contributed by atoms with E-state index in [2.05, 4.69) is 5.32 Å². The lowest BCUT2D eigenvalue weighted by Gasteiger charge is -2.25. The number of rotatable bonds is 8. The lowest BCUT2D eigenvalue weighted by molar-refractivity contribution is -0.130. The van der Waals surface area contributed by atoms with Gasteiger partial charge in [0.1, 0.15) is 17.9 Å². The molecule has 1 aliphatic heterocycles. The van der Waals surface area contributed by atoms with Crippen molar-refractivity contribution in [1.29, 1.82) is 0 Å². The number of furan rings is 1. The van der Waals surface area contributed by atoms with Gasteiger partial charge in [0.15, 0.2) is 11.5 Å². The summed E-state index contributed by atoms with van der Waals surface area (Å²) in [5, 5.41) is 11.1. The first-order valence-corrected chi connectivity index (χ1v) is 10.4. The second-order valence-corrected chi connectivity index (χ2v) is 7.49. The Labute approximate surface area is 199 Å². The van der Waals surface area contributed by atoms with Gasteiger partial charge in [-0.05, 0) is 53.6 Å². The molecule has 1 saturated heterocycles. The van der Waals surface area contributed by atoms with Crippen molar-refractivity contribution < 1.29 is 38.2 Å². The second kappa shape index (κ2) is 9.96. The first kappa shape index (κ1) is 23.3. The lowest BCUT2D eigenvalue weighted by Crippen LogP contribution is -2.53. The van der Waals surface area contributed by atoms with Crippen LogP contribution < -0.4 is 14.8 Å². The average molecular weight is 476 g/mol. The van der Waals surface area contributed by atoms with Crippen LogP contribution in [0.2, 0.25) is 0 Å². The largest absolute Gasteiger partial charge is 0.493 e. The third kappa shape index (κ3) is 5.22. The zero-order valence-corrected chi connectivity index (χ0v) is 18.5. The van der Waals surface area contributed by atoms with Gasteiger partial charge in [0.2, 0.25) is 0 Å². The molecule has 3 aromatic rings. The number of barbiturate groups is 1. The van der Waals surface area contributed by atoms with Crippen LogP contribution in [0.15, 0.2) is 70.9 Å². The molecule has 2 heterocycles. The van der Waals surface area contributed by atoms with Gasteiger partial charge >= 0.3 is 12.0 Å². The summed E-state index contributed by atoms with van der Waals surface area (Å²) in [6.07, 6.45) is 2.78. The molecule has 0 spiro atoms. The number of carbonyl (C=O) groups excluding carboxylic acids is 3. The predicted octanol–water partition coefficient (Wildman–Crippen LogP) is 3.23. The van der Waals surface area contributed by atoms with Crippen molar-refractivity contribution in [1.82, 2.24) is 10.2 Å². The first-order chi connectivity index (χ1) is 16.9. The molecule has 1 aromatic heterocycles. The number of carbonyl (C=O) groups is 4. The smallest absolute Gasteiger partial charge is 0.335 e. The summed E-state index contributed by atoms with van der Waals surface area (Å²) >= 11 is 0. The van der Waals surface area contributed by atoms with E-state index in [0.29, 0.717) is 22.8 Å². The molecule has 0 saturated carbocycles. The molecular formula is C25H20N2O8. The van der Waals surface area contributed by atoms with E-state index in [9.17, 15) is 19.2 Å². The van der Waals surface area contributed by atoms with Crippen LogP contribution in [0.1, 0.15) is 27.2 Å². The Morgan fingerprint density at radius 1 is 1.09 bits per heavy atom. The van der Waals surface area contributed by atoms with Crippen LogP contribution in [0.3, 0.4) is 0 Å². The van der Waals surface area contributed by atoms with Crippen LogP contribution in [-0.4, -0.2) is 40.9 Å². The summed E-state index contributed by atoms with van der Waals surface area (Å²) in [6.45, 7) is 0.0489. The van der Waals surface area contributed by atoms with E-state index in [4.69, 9.17) is 19.0 Å². The van der Waals surface area contributed by atoms with Crippen LogP contribution >= 0.6 is 0 Å². The van der Waals surface area contributed by atoms with E-state index in [1.165, 1.54) is 31.6 Å². The fraction of sp³-hybridized carbons (Fsp3) is 0.120. The Morgan fingerprint density at radius 2 is 1.86 bits per heavy atom. The predicted molar refractivity (Wildman–Crippen MR) is 122 cm³/mol. The Morgan fingerprint density at radius 3 is 2.51 bits per heavy atom. The highest BCUT2D eigenvalue weighted by atomic mass is 16.5. The number of imide groups is 2. The Kier molecular flexibility index (Phi) is 6.63. The average Bonchev–Trinajstić information content (AvgIpc) is 3.37. The van der Waals surface area contributed by atoms with Crippen LogP contribution in [0.5, 0.6) is 11.5 Å². The topological polar surface area (TPSA) is 135 Å². The van der Waals surface area contributed by atoms with Crippen LogP contribution in [0.25, 0.3) is 6.08 Å². The number of carboxylic acid groups (broad SMARTS) is 1. The van der Waals surface area contributed by atoms with E-state index < -0.39 is 23.8 Å². The van der Waals surface area contributed by atoms with Gasteiger partial charge < -0.3 is 19.0 Å². The number of nitrogens with zero attached hydrogens (tertiary/aromatic N) is 1. The third-order valence-electron chi connectivity index (χ3n) is 5.17. The molecule has 10 heteroatoms. The van der Waals surface area contributed by atoms with Crippen molar-refractivity contribution in [3.63, 3.8) is 0 Å². The Balaban J connectivity index is 1.51. The number of methoxy groups -OCH3 is 1. The van der Waals surface area contributed by atoms with Crippen molar-refractivity contribution in [3.05, 3.63) is 88.9 Å². The minimum absolute atomic E-state index is 0.119. The van der Waals surface area contributed by atoms with Crippen LogP contribution in [-0.2, 0) is 22.7 Å². The van der Waals surface area contributed by atoms with Crippen LogP contribution in [0.4, 0.5) is 4.79 Å². The maximum absolute atomic E-state index is 12.9. The maximum Gasteiger partial charge on any atom is 0.335 e. The molecule has 2 aromatic carbocycles. The van der Waals surface area contributed by atoms with Crippen molar-refractivity contribution >= 4 is 29.9 Å². The number of ether oxygens (including phenoxy) is 2. The van der Waals surface area contributed by atoms with Gasteiger partial charge in [0.05, 0.1) is 25.5 Å². The summed E-state index contributed by atoms with van der Waals surface area (Å²) in [6, 6.07) is 13.5. The second-order valence-electron chi connectivity index (χ2n) is 7.49. The molecule has 35 heavy (non-hydrogen) atoms. The molecule has 0 atom stereocenters. The standard InChI is InChI=1S/C25H20N2O8/c1-33-21-12-16(6-9-20(21)35-14-15-4-7-17(8-5-15)24(30)31)11-19-22(28)26-25(32)27(23(19)29)13-18-3-2-10-34-18/h2-12H,13-14H2,1H3,(H,30,31)(H,26,28,32)/b19-11+. The SMILES string of the molecule is COc1cc(/C=C2\C(=O)NC(=O)N(Cc3ccco3)C2=O)ccc1OCc1ccc(C(=O)O)cc1. The molecule has 4 rings (SSSR count). The summed E-state index contributed by atoms with van der Waals surface area (Å²) in [5.41, 5.74) is 1.19. The molecule has 0 radical (unpaired) electrons. The maximum atomic E-state index is 12.9. The molecular weight excluding hydrogens is 456 g/mol. The number of aromatic carboxylic acids is 1. The molecule has 2 N–H and O–H groups in total. The molecule has 0 aliphatic carbocycles. The molecule has 1 aliphatic rings. The summed E-state index contributed by atoms with van der Waals surface area (Å²) in [5.74, 6) is -1.41. The third-order valence-corrected chi connectivity index (χ3v) is 5.17. The highest BCUT2D eigenvalue weighted by Gasteiger charge is 2.36. The van der Waals surface area contributed by atoms with E-state index in [0.717, 1.165) is 10.5 Å². The number of urea groups is 1. The molecule has 1 fully saturated rings. The highest BCUT2D eigenvalue weighted by Crippen LogP contribution is 2.30. The first-order valence-electron chi connectivity index (χ1n) is 10.4. The summed E-state index contributed by atoms with van der Waals surface area (Å²) in [7, 11) is 1.45. The van der Waals surface area contributed by atoms with Crippen molar-refractivity contribution in [3.8, 4) is 11.5 Å². The lowest BCUT2D eigenvalue weighted by atomic mass is 10.1.